The lowest BCUT2D eigenvalue weighted by molar-refractivity contribution is -0.137. The molecular weight excluding hydrogens is 321 g/mol. The number of aromatic nitrogens is 1. The van der Waals surface area contributed by atoms with Crippen molar-refractivity contribution in [2.75, 3.05) is 0 Å². The molecule has 1 heterocycles. The maximum absolute atomic E-state index is 12.5. The highest BCUT2D eigenvalue weighted by Crippen LogP contribution is 2.34. The van der Waals surface area contributed by atoms with Crippen LogP contribution in [0.2, 0.25) is 5.02 Å². The van der Waals surface area contributed by atoms with Crippen LogP contribution in [0.3, 0.4) is 0 Å². The van der Waals surface area contributed by atoms with Crippen molar-refractivity contribution < 1.29 is 23.1 Å². The van der Waals surface area contributed by atoms with Crippen LogP contribution in [0.1, 0.15) is 18.1 Å². The lowest BCUT2D eigenvalue weighted by Crippen LogP contribution is -2.05. The minimum absolute atomic E-state index is 0.148. The fraction of sp³-hybridized carbons (Fsp3) is 0.143. The lowest BCUT2D eigenvalue weighted by atomic mass is 10.1. The summed E-state index contributed by atoms with van der Waals surface area (Å²) >= 11 is 5.76. The molecule has 1 N–H and O–H groups in total. The van der Waals surface area contributed by atoms with E-state index in [1.165, 1.54) is 0 Å². The van der Waals surface area contributed by atoms with Crippen molar-refractivity contribution in [3.63, 3.8) is 0 Å². The summed E-state index contributed by atoms with van der Waals surface area (Å²) in [7, 11) is 0. The first-order chi connectivity index (χ1) is 10.3. The maximum atomic E-state index is 12.5. The van der Waals surface area contributed by atoms with Gasteiger partial charge < -0.3 is 9.94 Å². The molecule has 0 bridgehead atoms. The van der Waals surface area contributed by atoms with Crippen LogP contribution in [0.15, 0.2) is 41.7 Å². The van der Waals surface area contributed by atoms with E-state index in [2.05, 4.69) is 10.1 Å². The van der Waals surface area contributed by atoms with Crippen LogP contribution in [-0.4, -0.2) is 15.9 Å². The van der Waals surface area contributed by atoms with Crippen LogP contribution in [0.4, 0.5) is 13.2 Å². The van der Waals surface area contributed by atoms with E-state index in [-0.39, 0.29) is 10.9 Å². The minimum Gasteiger partial charge on any atom is -0.438 e. The smallest absolute Gasteiger partial charge is 0.417 e. The Kier molecular flexibility index (Phi) is 4.56. The zero-order valence-electron chi connectivity index (χ0n) is 11.2. The number of halogens is 4. The van der Waals surface area contributed by atoms with Crippen molar-refractivity contribution in [2.24, 2.45) is 5.16 Å². The number of pyridine rings is 1. The van der Waals surface area contributed by atoms with Crippen molar-refractivity contribution >= 4 is 17.3 Å². The molecule has 0 spiro atoms. The molecule has 0 saturated carbocycles. The molecule has 116 valence electrons. The summed E-state index contributed by atoms with van der Waals surface area (Å²) < 4.78 is 43.0. The number of rotatable bonds is 3. The van der Waals surface area contributed by atoms with Crippen molar-refractivity contribution in [2.45, 2.75) is 13.1 Å². The van der Waals surface area contributed by atoms with Gasteiger partial charge in [-0.25, -0.2) is 4.98 Å². The summed E-state index contributed by atoms with van der Waals surface area (Å²) in [6.45, 7) is 1.59. The predicted molar refractivity (Wildman–Crippen MR) is 74.8 cm³/mol. The van der Waals surface area contributed by atoms with E-state index in [9.17, 15) is 13.2 Å². The van der Waals surface area contributed by atoms with E-state index < -0.39 is 11.7 Å². The van der Waals surface area contributed by atoms with E-state index >= 15 is 0 Å². The van der Waals surface area contributed by atoms with Crippen molar-refractivity contribution in [1.82, 2.24) is 4.98 Å². The van der Waals surface area contributed by atoms with Gasteiger partial charge in [0.25, 0.3) is 0 Å². The molecule has 0 saturated heterocycles. The second kappa shape index (κ2) is 6.23. The van der Waals surface area contributed by atoms with Gasteiger partial charge >= 0.3 is 6.18 Å². The Bertz CT molecular complexity index is 717. The lowest BCUT2D eigenvalue weighted by Gasteiger charge is -2.10. The molecule has 0 atom stereocenters. The largest absolute Gasteiger partial charge is 0.438 e. The van der Waals surface area contributed by atoms with Crippen LogP contribution in [0.5, 0.6) is 11.6 Å². The zero-order chi connectivity index (χ0) is 16.3. The Hall–Kier alpha value is -2.28. The third kappa shape index (κ3) is 3.67. The summed E-state index contributed by atoms with van der Waals surface area (Å²) in [5.41, 5.74) is -0.0122. The zero-order valence-corrected chi connectivity index (χ0v) is 12.0. The summed E-state index contributed by atoms with van der Waals surface area (Å²) in [4.78, 5) is 3.58. The summed E-state index contributed by atoms with van der Waals surface area (Å²) in [6, 6.07) is 7.18. The standard InChI is InChI=1S/C14H10ClF3N2O2/c1-8(20-21)9-3-2-4-11(5-9)22-13-12(15)6-10(7-19-13)14(16,17)18/h2-7,21H,1H3. The molecule has 0 aliphatic carbocycles. The van der Waals surface area contributed by atoms with Gasteiger partial charge in [-0.2, -0.15) is 13.2 Å². The Balaban J connectivity index is 2.28. The topological polar surface area (TPSA) is 54.7 Å². The van der Waals surface area contributed by atoms with Gasteiger partial charge in [0.05, 0.1) is 11.3 Å². The van der Waals surface area contributed by atoms with Crippen molar-refractivity contribution in [3.05, 3.63) is 52.7 Å². The molecule has 8 heteroatoms. The molecule has 2 rings (SSSR count). The van der Waals surface area contributed by atoms with Gasteiger partial charge in [-0.05, 0) is 25.1 Å². The van der Waals surface area contributed by atoms with Crippen LogP contribution in [-0.2, 0) is 6.18 Å². The van der Waals surface area contributed by atoms with Crippen molar-refractivity contribution in [1.29, 1.82) is 0 Å². The average Bonchev–Trinajstić information content (AvgIpc) is 2.47. The Labute approximate surface area is 128 Å². The minimum atomic E-state index is -4.52. The monoisotopic (exact) mass is 330 g/mol. The van der Waals surface area contributed by atoms with Gasteiger partial charge in [-0.3, -0.25) is 0 Å². The fourth-order valence-corrected chi connectivity index (χ4v) is 1.81. The first-order valence-electron chi connectivity index (χ1n) is 6.01. The van der Waals surface area contributed by atoms with E-state index in [4.69, 9.17) is 21.5 Å². The van der Waals surface area contributed by atoms with E-state index in [1.807, 2.05) is 0 Å². The molecule has 0 fully saturated rings. The molecule has 22 heavy (non-hydrogen) atoms. The van der Waals surface area contributed by atoms with Crippen LogP contribution in [0, 0.1) is 0 Å². The Morgan fingerprint density at radius 1 is 1.32 bits per heavy atom. The predicted octanol–water partition coefficient (Wildman–Crippen LogP) is 4.74. The number of oxime groups is 1. The number of alkyl halides is 3. The van der Waals surface area contributed by atoms with Crippen molar-refractivity contribution in [3.8, 4) is 11.6 Å². The number of benzene rings is 1. The SMILES string of the molecule is CC(=NO)c1cccc(Oc2ncc(C(F)(F)F)cc2Cl)c1. The van der Waals surface area contributed by atoms with Gasteiger partial charge in [0.15, 0.2) is 0 Å². The summed E-state index contributed by atoms with van der Waals surface area (Å²) in [5.74, 6) is 0.153. The first kappa shape index (κ1) is 16.1. The number of hydrogen-bond acceptors (Lipinski definition) is 4. The third-order valence-corrected chi connectivity index (χ3v) is 3.02. The van der Waals surface area contributed by atoms with E-state index in [0.29, 0.717) is 23.2 Å². The number of ether oxygens (including phenoxy) is 1. The summed E-state index contributed by atoms with van der Waals surface area (Å²) in [6.07, 6.45) is -3.88. The van der Waals surface area contributed by atoms with E-state index in [0.717, 1.165) is 6.07 Å². The normalized spacial score (nSPS) is 12.3. The van der Waals surface area contributed by atoms with Crippen LogP contribution in [0.25, 0.3) is 0 Å². The molecular formula is C14H10ClF3N2O2. The molecule has 2 aromatic rings. The molecule has 0 unspecified atom stereocenters. The van der Waals surface area contributed by atoms with Crippen LogP contribution >= 0.6 is 11.6 Å². The maximum Gasteiger partial charge on any atom is 0.417 e. The van der Waals surface area contributed by atoms with Gasteiger partial charge in [-0.1, -0.05) is 28.9 Å². The Morgan fingerprint density at radius 3 is 2.64 bits per heavy atom. The van der Waals surface area contributed by atoms with Gasteiger partial charge in [0, 0.05) is 11.8 Å². The second-order valence-corrected chi connectivity index (χ2v) is 4.73. The number of hydrogen-bond donors (Lipinski definition) is 1. The van der Waals surface area contributed by atoms with Gasteiger partial charge in [0.2, 0.25) is 5.88 Å². The fourth-order valence-electron chi connectivity index (χ4n) is 1.61. The van der Waals surface area contributed by atoms with Gasteiger partial charge in [0.1, 0.15) is 10.8 Å². The molecule has 0 radical (unpaired) electrons. The molecule has 0 amide bonds. The van der Waals surface area contributed by atoms with Crippen LogP contribution < -0.4 is 4.74 Å². The average molecular weight is 331 g/mol. The summed E-state index contributed by atoms with van der Waals surface area (Å²) in [5, 5.41) is 11.5. The van der Waals surface area contributed by atoms with E-state index in [1.54, 1.807) is 31.2 Å². The highest BCUT2D eigenvalue weighted by molar-refractivity contribution is 6.31. The Morgan fingerprint density at radius 2 is 2.05 bits per heavy atom. The molecule has 0 aliphatic rings. The third-order valence-electron chi connectivity index (χ3n) is 2.75. The quantitative estimate of drug-likeness (QED) is 0.502. The van der Waals surface area contributed by atoms with Gasteiger partial charge in [-0.15, -0.1) is 0 Å². The molecule has 1 aromatic heterocycles. The molecule has 4 nitrogen and oxygen atoms in total. The number of nitrogens with zero attached hydrogens (tertiary/aromatic N) is 2. The first-order valence-corrected chi connectivity index (χ1v) is 6.38. The highest BCUT2D eigenvalue weighted by atomic mass is 35.5. The molecule has 1 aromatic carbocycles. The highest BCUT2D eigenvalue weighted by Gasteiger charge is 2.31. The second-order valence-electron chi connectivity index (χ2n) is 4.32. The molecule has 0 aliphatic heterocycles.